The Hall–Kier alpha value is -3.66. The number of aromatic nitrogens is 1. The number of pyridine rings is 1. The van der Waals surface area contributed by atoms with Crippen LogP contribution in [0, 0.1) is 0 Å². The minimum atomic E-state index is -5.08. The first-order valence-electron chi connectivity index (χ1n) is 10.8. The molecule has 186 valence electrons. The molecule has 35 heavy (non-hydrogen) atoms. The number of aliphatic carboxylic acids is 1. The lowest BCUT2D eigenvalue weighted by molar-refractivity contribution is -0.192. The third-order valence-electron chi connectivity index (χ3n) is 5.68. The molecule has 1 N–H and O–H groups in total. The van der Waals surface area contributed by atoms with Crippen molar-refractivity contribution in [2.75, 3.05) is 20.6 Å². The van der Waals surface area contributed by atoms with Gasteiger partial charge in [-0.05, 0) is 54.7 Å². The van der Waals surface area contributed by atoms with Gasteiger partial charge in [0.2, 0.25) is 0 Å². The van der Waals surface area contributed by atoms with Crippen molar-refractivity contribution in [2.24, 2.45) is 7.05 Å². The van der Waals surface area contributed by atoms with Gasteiger partial charge in [-0.2, -0.15) is 13.2 Å². The van der Waals surface area contributed by atoms with Crippen LogP contribution in [-0.4, -0.2) is 58.2 Å². The van der Waals surface area contributed by atoms with E-state index in [1.807, 2.05) is 29.2 Å². The highest BCUT2D eigenvalue weighted by Gasteiger charge is 2.38. The van der Waals surface area contributed by atoms with Gasteiger partial charge in [-0.25, -0.2) is 4.79 Å². The Morgan fingerprint density at radius 1 is 1.06 bits per heavy atom. The first-order valence-corrected chi connectivity index (χ1v) is 10.8. The highest BCUT2D eigenvalue weighted by molar-refractivity contribution is 5.96. The van der Waals surface area contributed by atoms with Crippen molar-refractivity contribution in [1.82, 2.24) is 14.4 Å². The normalized spacial score (nSPS) is 13.3. The predicted molar refractivity (Wildman–Crippen MR) is 125 cm³/mol. The lowest BCUT2D eigenvalue weighted by Gasteiger charge is -2.30. The first kappa shape index (κ1) is 26.0. The summed E-state index contributed by atoms with van der Waals surface area (Å²) in [6, 6.07) is 15.8. The van der Waals surface area contributed by atoms with Gasteiger partial charge >= 0.3 is 12.1 Å². The van der Waals surface area contributed by atoms with Crippen molar-refractivity contribution >= 4 is 22.6 Å². The molecule has 1 aliphatic heterocycles. The maximum Gasteiger partial charge on any atom is 0.490 e. The maximum atomic E-state index is 13.2. The highest BCUT2D eigenvalue weighted by Crippen LogP contribution is 2.23. The number of amides is 1. The molecule has 3 aromatic rings. The van der Waals surface area contributed by atoms with Crippen LogP contribution in [0.4, 0.5) is 13.2 Å². The summed E-state index contributed by atoms with van der Waals surface area (Å²) in [6.45, 7) is 2.16. The monoisotopic (exact) mass is 489 g/mol. The molecule has 0 radical (unpaired) electrons. The van der Waals surface area contributed by atoms with Gasteiger partial charge in [-0.3, -0.25) is 9.59 Å². The highest BCUT2D eigenvalue weighted by atomic mass is 19.4. The zero-order valence-corrected chi connectivity index (χ0v) is 19.6. The van der Waals surface area contributed by atoms with E-state index in [1.165, 1.54) is 21.3 Å². The molecule has 7 nitrogen and oxygen atoms in total. The van der Waals surface area contributed by atoms with Crippen LogP contribution in [0.15, 0.2) is 53.3 Å². The van der Waals surface area contributed by atoms with Gasteiger partial charge < -0.3 is 19.5 Å². The minimum Gasteiger partial charge on any atom is -0.475 e. The summed E-state index contributed by atoms with van der Waals surface area (Å²) in [5.41, 5.74) is 4.10. The van der Waals surface area contributed by atoms with E-state index < -0.39 is 12.1 Å². The molecule has 1 aliphatic rings. The molecule has 10 heteroatoms. The molecule has 4 rings (SSSR count). The second-order valence-electron chi connectivity index (χ2n) is 8.60. The molecule has 0 spiro atoms. The van der Waals surface area contributed by atoms with E-state index >= 15 is 0 Å². The topological polar surface area (TPSA) is 82.9 Å². The number of carbonyl (C=O) groups is 2. The van der Waals surface area contributed by atoms with Gasteiger partial charge in [0.05, 0.1) is 0 Å². The van der Waals surface area contributed by atoms with Crippen LogP contribution in [0.3, 0.4) is 0 Å². The second kappa shape index (κ2) is 10.3. The van der Waals surface area contributed by atoms with Crippen LogP contribution in [0.5, 0.6) is 0 Å². The standard InChI is InChI=1S/C23H25N3O2.C2HF3O2/c1-24(2)14-16-8-9-19-15-26(11-10-17(19)12-16)23(28)21-13-18-6-4-5-7-20(18)22(27)25(21)3;3-2(4,5)1(6)7/h4-9,12-13H,10-11,14-15H2,1-3H3;(H,6,7). The van der Waals surface area contributed by atoms with E-state index in [2.05, 4.69) is 37.2 Å². The fourth-order valence-electron chi connectivity index (χ4n) is 3.96. The predicted octanol–water partition coefficient (Wildman–Crippen LogP) is 3.43. The number of benzene rings is 2. The first-order chi connectivity index (χ1) is 16.4. The summed E-state index contributed by atoms with van der Waals surface area (Å²) >= 11 is 0. The SMILES string of the molecule is CN(C)Cc1ccc2c(c1)CCN(C(=O)c1cc3ccccc3c(=O)n1C)C2.O=C(O)C(F)(F)F. The zero-order chi connectivity index (χ0) is 25.9. The summed E-state index contributed by atoms with van der Waals surface area (Å²) in [4.78, 5) is 38.7. The Balaban J connectivity index is 0.000000429. The number of carbonyl (C=O) groups excluding carboxylic acids is 1. The smallest absolute Gasteiger partial charge is 0.475 e. The number of alkyl halides is 3. The molecule has 0 bridgehead atoms. The average Bonchev–Trinajstić information content (AvgIpc) is 2.80. The Bertz CT molecular complexity index is 1320. The third kappa shape index (κ3) is 6.07. The van der Waals surface area contributed by atoms with Crippen LogP contribution in [0.25, 0.3) is 10.8 Å². The molecule has 0 unspecified atom stereocenters. The van der Waals surface area contributed by atoms with E-state index in [4.69, 9.17) is 9.90 Å². The summed E-state index contributed by atoms with van der Waals surface area (Å²) in [6.07, 6.45) is -4.25. The zero-order valence-electron chi connectivity index (χ0n) is 19.6. The lowest BCUT2D eigenvalue weighted by Crippen LogP contribution is -2.38. The Labute approximate surface area is 200 Å². The van der Waals surface area contributed by atoms with Crippen molar-refractivity contribution < 1.29 is 27.9 Å². The van der Waals surface area contributed by atoms with Gasteiger partial charge in [0.15, 0.2) is 0 Å². The number of hydrogen-bond acceptors (Lipinski definition) is 4. The fourth-order valence-corrected chi connectivity index (χ4v) is 3.96. The Morgan fingerprint density at radius 2 is 1.71 bits per heavy atom. The maximum absolute atomic E-state index is 13.2. The molecule has 0 saturated carbocycles. The molecule has 2 heterocycles. The quantitative estimate of drug-likeness (QED) is 0.610. The van der Waals surface area contributed by atoms with Crippen molar-refractivity contribution in [2.45, 2.75) is 25.7 Å². The second-order valence-corrected chi connectivity index (χ2v) is 8.60. The Morgan fingerprint density at radius 3 is 2.34 bits per heavy atom. The van der Waals surface area contributed by atoms with Gasteiger partial charge in [-0.15, -0.1) is 0 Å². The summed E-state index contributed by atoms with van der Waals surface area (Å²) < 4.78 is 33.2. The molecule has 0 fully saturated rings. The van der Waals surface area contributed by atoms with Crippen LogP contribution in [0.1, 0.15) is 27.2 Å². The van der Waals surface area contributed by atoms with E-state index in [1.54, 1.807) is 13.1 Å². The molecular formula is C25H26F3N3O4. The molecular weight excluding hydrogens is 463 g/mol. The van der Waals surface area contributed by atoms with Crippen LogP contribution >= 0.6 is 0 Å². The van der Waals surface area contributed by atoms with Crippen molar-refractivity contribution in [3.63, 3.8) is 0 Å². The number of hydrogen-bond donors (Lipinski definition) is 1. The summed E-state index contributed by atoms with van der Waals surface area (Å²) in [7, 11) is 5.80. The largest absolute Gasteiger partial charge is 0.490 e. The lowest BCUT2D eigenvalue weighted by atomic mass is 9.96. The minimum absolute atomic E-state index is 0.0895. The number of halogens is 3. The summed E-state index contributed by atoms with van der Waals surface area (Å²) in [5, 5.41) is 8.57. The van der Waals surface area contributed by atoms with Gasteiger partial charge in [-0.1, -0.05) is 36.4 Å². The molecule has 2 aromatic carbocycles. The number of rotatable bonds is 3. The number of carboxylic acid groups (broad SMARTS) is 1. The molecule has 1 amide bonds. The molecule has 0 atom stereocenters. The average molecular weight is 489 g/mol. The number of nitrogens with zero attached hydrogens (tertiary/aromatic N) is 3. The van der Waals surface area contributed by atoms with Gasteiger partial charge in [0, 0.05) is 32.1 Å². The van der Waals surface area contributed by atoms with Crippen molar-refractivity contribution in [1.29, 1.82) is 0 Å². The van der Waals surface area contributed by atoms with Gasteiger partial charge in [0.25, 0.3) is 11.5 Å². The van der Waals surface area contributed by atoms with E-state index in [9.17, 15) is 22.8 Å². The fraction of sp³-hybridized carbons (Fsp3) is 0.320. The number of fused-ring (bicyclic) bond motifs is 2. The Kier molecular flexibility index (Phi) is 7.64. The van der Waals surface area contributed by atoms with E-state index in [0.717, 1.165) is 18.4 Å². The number of carboxylic acids is 1. The molecule has 0 aliphatic carbocycles. The van der Waals surface area contributed by atoms with E-state index in [-0.39, 0.29) is 11.5 Å². The van der Waals surface area contributed by atoms with Gasteiger partial charge in [0.1, 0.15) is 5.69 Å². The van der Waals surface area contributed by atoms with Crippen LogP contribution in [-0.2, 0) is 31.4 Å². The van der Waals surface area contributed by atoms with Crippen molar-refractivity contribution in [3.8, 4) is 0 Å². The van der Waals surface area contributed by atoms with Crippen LogP contribution < -0.4 is 5.56 Å². The van der Waals surface area contributed by atoms with E-state index in [0.29, 0.717) is 24.2 Å². The summed E-state index contributed by atoms with van der Waals surface area (Å²) in [5.74, 6) is -2.85. The molecule has 0 saturated heterocycles. The van der Waals surface area contributed by atoms with Crippen LogP contribution in [0.2, 0.25) is 0 Å². The third-order valence-corrected chi connectivity index (χ3v) is 5.68. The van der Waals surface area contributed by atoms with Crippen molar-refractivity contribution in [3.05, 3.63) is 81.3 Å². The molecule has 1 aromatic heterocycles.